The fraction of sp³-hybridized carbons (Fsp3) is 0.136. The highest BCUT2D eigenvalue weighted by molar-refractivity contribution is 6.04. The molecule has 0 aliphatic heterocycles. The SMILES string of the molecule is CCOC(=O)Oc1ccc(C(=O)Nc2cccc(CNC(=O)c3ccco3)c2)cc1. The third-order valence-electron chi connectivity index (χ3n) is 3.96. The molecule has 0 atom stereocenters. The lowest BCUT2D eigenvalue weighted by Gasteiger charge is -2.09. The minimum absolute atomic E-state index is 0.213. The van der Waals surface area contributed by atoms with Crippen molar-refractivity contribution in [1.82, 2.24) is 5.32 Å². The molecule has 0 spiro atoms. The summed E-state index contributed by atoms with van der Waals surface area (Å²) >= 11 is 0. The zero-order valence-electron chi connectivity index (χ0n) is 16.2. The van der Waals surface area contributed by atoms with Gasteiger partial charge in [0.15, 0.2) is 5.76 Å². The van der Waals surface area contributed by atoms with Gasteiger partial charge in [-0.05, 0) is 61.0 Å². The van der Waals surface area contributed by atoms with E-state index >= 15 is 0 Å². The van der Waals surface area contributed by atoms with E-state index in [1.54, 1.807) is 37.3 Å². The number of nitrogens with one attached hydrogen (secondary N) is 2. The summed E-state index contributed by atoms with van der Waals surface area (Å²) in [6.45, 7) is 2.17. The zero-order chi connectivity index (χ0) is 21.3. The number of benzene rings is 2. The smallest absolute Gasteiger partial charge is 0.459 e. The first-order valence-corrected chi connectivity index (χ1v) is 9.22. The monoisotopic (exact) mass is 408 g/mol. The standard InChI is InChI=1S/C22H20N2O6/c1-2-28-22(27)30-18-10-8-16(9-11-18)20(25)24-17-6-3-5-15(13-17)14-23-21(26)19-7-4-12-29-19/h3-13H,2,14H2,1H3,(H,23,26)(H,24,25). The Bertz CT molecular complexity index is 1010. The molecule has 2 amide bonds. The van der Waals surface area contributed by atoms with Crippen LogP contribution >= 0.6 is 0 Å². The summed E-state index contributed by atoms with van der Waals surface area (Å²) < 4.78 is 14.7. The molecule has 0 saturated heterocycles. The molecule has 0 unspecified atom stereocenters. The molecule has 154 valence electrons. The van der Waals surface area contributed by atoms with Crippen LogP contribution in [0.4, 0.5) is 10.5 Å². The van der Waals surface area contributed by atoms with Crippen molar-refractivity contribution in [1.29, 1.82) is 0 Å². The van der Waals surface area contributed by atoms with E-state index in [4.69, 9.17) is 13.9 Å². The maximum Gasteiger partial charge on any atom is 0.513 e. The topological polar surface area (TPSA) is 107 Å². The summed E-state index contributed by atoms with van der Waals surface area (Å²) in [6.07, 6.45) is 0.631. The van der Waals surface area contributed by atoms with E-state index in [-0.39, 0.29) is 36.5 Å². The van der Waals surface area contributed by atoms with Gasteiger partial charge >= 0.3 is 6.16 Å². The Labute approximate surface area is 172 Å². The Morgan fingerprint density at radius 1 is 0.967 bits per heavy atom. The molecule has 1 heterocycles. The highest BCUT2D eigenvalue weighted by Crippen LogP contribution is 2.16. The van der Waals surface area contributed by atoms with E-state index in [0.717, 1.165) is 5.56 Å². The first-order chi connectivity index (χ1) is 14.5. The van der Waals surface area contributed by atoms with E-state index in [1.807, 2.05) is 6.07 Å². The second kappa shape index (κ2) is 9.92. The first-order valence-electron chi connectivity index (χ1n) is 9.22. The summed E-state index contributed by atoms with van der Waals surface area (Å²) in [5.74, 6) is -0.136. The molecule has 8 heteroatoms. The Kier molecular flexibility index (Phi) is 6.83. The van der Waals surface area contributed by atoms with E-state index in [9.17, 15) is 14.4 Å². The molecular weight excluding hydrogens is 388 g/mol. The Hall–Kier alpha value is -4.07. The minimum atomic E-state index is -0.800. The molecule has 30 heavy (non-hydrogen) atoms. The lowest BCUT2D eigenvalue weighted by atomic mass is 10.1. The number of anilines is 1. The van der Waals surface area contributed by atoms with Crippen molar-refractivity contribution >= 4 is 23.7 Å². The Balaban J connectivity index is 1.56. The van der Waals surface area contributed by atoms with Crippen molar-refractivity contribution < 1.29 is 28.3 Å². The fourth-order valence-electron chi connectivity index (χ4n) is 2.56. The average Bonchev–Trinajstić information content (AvgIpc) is 3.28. The van der Waals surface area contributed by atoms with Gasteiger partial charge in [0.2, 0.25) is 0 Å². The van der Waals surface area contributed by atoms with Gasteiger partial charge in [-0.15, -0.1) is 0 Å². The van der Waals surface area contributed by atoms with Crippen LogP contribution in [0.15, 0.2) is 71.3 Å². The van der Waals surface area contributed by atoms with E-state index in [0.29, 0.717) is 11.3 Å². The van der Waals surface area contributed by atoms with Gasteiger partial charge in [-0.25, -0.2) is 4.79 Å². The van der Waals surface area contributed by atoms with Crippen LogP contribution in [0, 0.1) is 0 Å². The maximum atomic E-state index is 12.5. The highest BCUT2D eigenvalue weighted by atomic mass is 16.7. The number of amides is 2. The van der Waals surface area contributed by atoms with Crippen LogP contribution in [0.2, 0.25) is 0 Å². The molecule has 2 aromatic carbocycles. The molecule has 0 fully saturated rings. The van der Waals surface area contributed by atoms with E-state index < -0.39 is 6.16 Å². The molecule has 1 aromatic heterocycles. The molecule has 0 aliphatic rings. The molecule has 3 rings (SSSR count). The fourth-order valence-corrected chi connectivity index (χ4v) is 2.56. The predicted molar refractivity (Wildman–Crippen MR) is 108 cm³/mol. The largest absolute Gasteiger partial charge is 0.513 e. The molecule has 0 saturated carbocycles. The lowest BCUT2D eigenvalue weighted by molar-refractivity contribution is 0.0922. The van der Waals surface area contributed by atoms with Crippen LogP contribution in [-0.4, -0.2) is 24.6 Å². The summed E-state index contributed by atoms with van der Waals surface area (Å²) in [5.41, 5.74) is 1.78. The number of carbonyl (C=O) groups is 3. The molecule has 0 radical (unpaired) electrons. The number of rotatable bonds is 7. The molecule has 8 nitrogen and oxygen atoms in total. The van der Waals surface area contributed by atoms with Gasteiger partial charge in [-0.1, -0.05) is 12.1 Å². The zero-order valence-corrected chi connectivity index (χ0v) is 16.2. The third kappa shape index (κ3) is 5.71. The van der Waals surface area contributed by atoms with Crippen LogP contribution in [0.5, 0.6) is 5.75 Å². The maximum absolute atomic E-state index is 12.5. The van der Waals surface area contributed by atoms with Crippen LogP contribution in [0.1, 0.15) is 33.4 Å². The van der Waals surface area contributed by atoms with Crippen LogP contribution < -0.4 is 15.4 Å². The van der Waals surface area contributed by atoms with Crippen molar-refractivity contribution in [3.05, 3.63) is 83.8 Å². The molecular formula is C22H20N2O6. The van der Waals surface area contributed by atoms with Crippen molar-refractivity contribution in [2.75, 3.05) is 11.9 Å². The van der Waals surface area contributed by atoms with Gasteiger partial charge in [0, 0.05) is 17.8 Å². The number of hydrogen-bond donors (Lipinski definition) is 2. The second-order valence-corrected chi connectivity index (χ2v) is 6.12. The number of carbonyl (C=O) groups excluding carboxylic acids is 3. The van der Waals surface area contributed by atoms with E-state index in [1.165, 1.54) is 30.5 Å². The van der Waals surface area contributed by atoms with Gasteiger partial charge in [0.1, 0.15) is 5.75 Å². The molecule has 3 aromatic rings. The summed E-state index contributed by atoms with van der Waals surface area (Å²) in [7, 11) is 0. The van der Waals surface area contributed by atoms with Gasteiger partial charge < -0.3 is 24.5 Å². The quantitative estimate of drug-likeness (QED) is 0.452. The average molecular weight is 408 g/mol. The van der Waals surface area contributed by atoms with Gasteiger partial charge in [0.05, 0.1) is 12.9 Å². The normalized spacial score (nSPS) is 10.2. The van der Waals surface area contributed by atoms with Gasteiger partial charge in [0.25, 0.3) is 11.8 Å². The van der Waals surface area contributed by atoms with Gasteiger partial charge in [-0.3, -0.25) is 9.59 Å². The number of furan rings is 1. The van der Waals surface area contributed by atoms with Crippen LogP contribution in [0.3, 0.4) is 0 Å². The number of ether oxygens (including phenoxy) is 2. The van der Waals surface area contributed by atoms with Crippen LogP contribution in [-0.2, 0) is 11.3 Å². The van der Waals surface area contributed by atoms with Crippen molar-refractivity contribution in [3.8, 4) is 5.75 Å². The summed E-state index contributed by atoms with van der Waals surface area (Å²) in [6, 6.07) is 16.4. The summed E-state index contributed by atoms with van der Waals surface area (Å²) in [4.78, 5) is 35.7. The summed E-state index contributed by atoms with van der Waals surface area (Å²) in [5, 5.41) is 5.54. The molecule has 2 N–H and O–H groups in total. The van der Waals surface area contributed by atoms with Crippen LogP contribution in [0.25, 0.3) is 0 Å². The van der Waals surface area contributed by atoms with Crippen molar-refractivity contribution in [3.63, 3.8) is 0 Å². The Morgan fingerprint density at radius 3 is 2.47 bits per heavy atom. The molecule has 0 aliphatic carbocycles. The minimum Gasteiger partial charge on any atom is -0.459 e. The Morgan fingerprint density at radius 2 is 1.77 bits per heavy atom. The van der Waals surface area contributed by atoms with E-state index in [2.05, 4.69) is 10.6 Å². The molecule has 0 bridgehead atoms. The first kappa shape index (κ1) is 20.7. The van der Waals surface area contributed by atoms with Gasteiger partial charge in [-0.2, -0.15) is 0 Å². The lowest BCUT2D eigenvalue weighted by Crippen LogP contribution is -2.22. The predicted octanol–water partition coefficient (Wildman–Crippen LogP) is 4.00. The highest BCUT2D eigenvalue weighted by Gasteiger charge is 2.10. The number of hydrogen-bond acceptors (Lipinski definition) is 6. The second-order valence-electron chi connectivity index (χ2n) is 6.12. The third-order valence-corrected chi connectivity index (χ3v) is 3.96. The van der Waals surface area contributed by atoms with Crippen molar-refractivity contribution in [2.24, 2.45) is 0 Å². The van der Waals surface area contributed by atoms with Crippen molar-refractivity contribution in [2.45, 2.75) is 13.5 Å².